The Hall–Kier alpha value is -2.89. The van der Waals surface area contributed by atoms with E-state index >= 15 is 0 Å². The molecule has 3 N–H and O–H groups in total. The molecule has 6 heteroatoms. The van der Waals surface area contributed by atoms with E-state index in [-0.39, 0.29) is 5.56 Å². The molecule has 0 unspecified atom stereocenters. The van der Waals surface area contributed by atoms with Crippen molar-refractivity contribution in [3.63, 3.8) is 0 Å². The van der Waals surface area contributed by atoms with E-state index in [1.54, 1.807) is 6.07 Å². The summed E-state index contributed by atoms with van der Waals surface area (Å²) < 4.78 is 0. The SMILES string of the molecule is CCc1cccc(NC(=O)Nc2cncc(C(=O)O)c2)c1. The monoisotopic (exact) mass is 285 g/mol. The fraction of sp³-hybridized carbons (Fsp3) is 0.133. The lowest BCUT2D eigenvalue weighted by molar-refractivity contribution is 0.0696. The number of rotatable bonds is 4. The quantitative estimate of drug-likeness (QED) is 0.805. The zero-order valence-corrected chi connectivity index (χ0v) is 11.5. The zero-order chi connectivity index (χ0) is 15.2. The molecule has 2 rings (SSSR count). The molecule has 2 aromatic rings. The molecule has 21 heavy (non-hydrogen) atoms. The number of carbonyl (C=O) groups excluding carboxylic acids is 1. The summed E-state index contributed by atoms with van der Waals surface area (Å²) >= 11 is 0. The number of amides is 2. The summed E-state index contributed by atoms with van der Waals surface area (Å²) in [7, 11) is 0. The topological polar surface area (TPSA) is 91.3 Å². The second-order valence-corrected chi connectivity index (χ2v) is 4.40. The van der Waals surface area contributed by atoms with Gasteiger partial charge in [-0.05, 0) is 30.2 Å². The first-order valence-electron chi connectivity index (χ1n) is 6.43. The summed E-state index contributed by atoms with van der Waals surface area (Å²) in [6, 6.07) is 8.39. The second kappa shape index (κ2) is 6.51. The highest BCUT2D eigenvalue weighted by Crippen LogP contribution is 2.13. The van der Waals surface area contributed by atoms with Gasteiger partial charge in [0.15, 0.2) is 0 Å². The molecule has 0 saturated carbocycles. The van der Waals surface area contributed by atoms with Gasteiger partial charge in [0.2, 0.25) is 0 Å². The number of anilines is 2. The van der Waals surface area contributed by atoms with Crippen molar-refractivity contribution < 1.29 is 14.7 Å². The molecule has 2 amide bonds. The van der Waals surface area contributed by atoms with Gasteiger partial charge in [-0.1, -0.05) is 19.1 Å². The Morgan fingerprint density at radius 1 is 1.14 bits per heavy atom. The van der Waals surface area contributed by atoms with Gasteiger partial charge in [0.05, 0.1) is 17.4 Å². The predicted octanol–water partition coefficient (Wildman–Crippen LogP) is 2.99. The van der Waals surface area contributed by atoms with Gasteiger partial charge in [0.1, 0.15) is 0 Å². The largest absolute Gasteiger partial charge is 0.478 e. The summed E-state index contributed by atoms with van der Waals surface area (Å²) in [4.78, 5) is 26.5. The van der Waals surface area contributed by atoms with E-state index in [2.05, 4.69) is 15.6 Å². The van der Waals surface area contributed by atoms with E-state index in [0.717, 1.165) is 12.0 Å². The highest BCUT2D eigenvalue weighted by Gasteiger charge is 2.07. The van der Waals surface area contributed by atoms with E-state index in [4.69, 9.17) is 5.11 Å². The average Bonchev–Trinajstić information content (AvgIpc) is 2.47. The normalized spacial score (nSPS) is 9.95. The third kappa shape index (κ3) is 4.04. The van der Waals surface area contributed by atoms with Crippen molar-refractivity contribution in [1.82, 2.24) is 4.98 Å². The minimum absolute atomic E-state index is 0.0146. The average molecular weight is 285 g/mol. The van der Waals surface area contributed by atoms with Crippen molar-refractivity contribution in [2.75, 3.05) is 10.6 Å². The van der Waals surface area contributed by atoms with E-state index in [9.17, 15) is 9.59 Å². The van der Waals surface area contributed by atoms with Crippen LogP contribution in [0.25, 0.3) is 0 Å². The number of aromatic carboxylic acids is 1. The van der Waals surface area contributed by atoms with Crippen LogP contribution in [-0.4, -0.2) is 22.1 Å². The number of pyridine rings is 1. The molecule has 1 aromatic heterocycles. The third-order valence-electron chi connectivity index (χ3n) is 2.84. The Morgan fingerprint density at radius 3 is 2.62 bits per heavy atom. The molecule has 1 aromatic carbocycles. The summed E-state index contributed by atoms with van der Waals surface area (Å²) in [6.45, 7) is 2.03. The molecule has 0 spiro atoms. The number of carboxylic acids is 1. The molecule has 108 valence electrons. The van der Waals surface area contributed by atoms with E-state index in [1.807, 2.05) is 25.1 Å². The maximum absolute atomic E-state index is 11.9. The summed E-state index contributed by atoms with van der Waals surface area (Å²) in [5.74, 6) is -1.10. The lowest BCUT2D eigenvalue weighted by atomic mass is 10.1. The molecule has 0 fully saturated rings. The van der Waals surface area contributed by atoms with E-state index < -0.39 is 12.0 Å². The van der Waals surface area contributed by atoms with Crippen LogP contribution in [0, 0.1) is 0 Å². The molecular weight excluding hydrogens is 270 g/mol. The lowest BCUT2D eigenvalue weighted by Crippen LogP contribution is -2.19. The van der Waals surface area contributed by atoms with Gasteiger partial charge >= 0.3 is 12.0 Å². The molecule has 0 aliphatic heterocycles. The van der Waals surface area contributed by atoms with Gasteiger partial charge in [0.25, 0.3) is 0 Å². The highest BCUT2D eigenvalue weighted by atomic mass is 16.4. The lowest BCUT2D eigenvalue weighted by Gasteiger charge is -2.08. The molecule has 0 saturated heterocycles. The van der Waals surface area contributed by atoms with Crippen LogP contribution in [-0.2, 0) is 6.42 Å². The van der Waals surface area contributed by atoms with Gasteiger partial charge in [0, 0.05) is 11.9 Å². The molecular formula is C15H15N3O3. The minimum Gasteiger partial charge on any atom is -0.478 e. The first-order valence-corrected chi connectivity index (χ1v) is 6.43. The van der Waals surface area contributed by atoms with Gasteiger partial charge in [-0.3, -0.25) is 4.98 Å². The van der Waals surface area contributed by atoms with Crippen LogP contribution < -0.4 is 10.6 Å². The Morgan fingerprint density at radius 2 is 1.90 bits per heavy atom. The van der Waals surface area contributed by atoms with Gasteiger partial charge in [-0.15, -0.1) is 0 Å². The van der Waals surface area contributed by atoms with E-state index in [0.29, 0.717) is 11.4 Å². The van der Waals surface area contributed by atoms with Crippen LogP contribution in [0.2, 0.25) is 0 Å². The number of carboxylic acid groups (broad SMARTS) is 1. The molecule has 0 atom stereocenters. The number of urea groups is 1. The second-order valence-electron chi connectivity index (χ2n) is 4.40. The number of aryl methyl sites for hydroxylation is 1. The van der Waals surface area contributed by atoms with Crippen molar-refractivity contribution in [1.29, 1.82) is 0 Å². The van der Waals surface area contributed by atoms with Crippen molar-refractivity contribution >= 4 is 23.4 Å². The maximum atomic E-state index is 11.9. The van der Waals surface area contributed by atoms with Crippen molar-refractivity contribution in [3.8, 4) is 0 Å². The zero-order valence-electron chi connectivity index (χ0n) is 11.5. The van der Waals surface area contributed by atoms with Crippen LogP contribution in [0.5, 0.6) is 0 Å². The molecule has 6 nitrogen and oxygen atoms in total. The third-order valence-corrected chi connectivity index (χ3v) is 2.84. The molecule has 0 bridgehead atoms. The first-order chi connectivity index (χ1) is 10.1. The molecule has 1 heterocycles. The van der Waals surface area contributed by atoms with Crippen LogP contribution in [0.4, 0.5) is 16.2 Å². The summed E-state index contributed by atoms with van der Waals surface area (Å²) in [5, 5.41) is 14.1. The maximum Gasteiger partial charge on any atom is 0.337 e. The number of nitrogens with one attached hydrogen (secondary N) is 2. The van der Waals surface area contributed by atoms with Gasteiger partial charge in [-0.25, -0.2) is 9.59 Å². The van der Waals surface area contributed by atoms with Crippen molar-refractivity contribution in [2.24, 2.45) is 0 Å². The fourth-order valence-electron chi connectivity index (χ4n) is 1.79. The number of nitrogens with zero attached hydrogens (tertiary/aromatic N) is 1. The van der Waals surface area contributed by atoms with Crippen LogP contribution >= 0.6 is 0 Å². The summed E-state index contributed by atoms with van der Waals surface area (Å²) in [6.07, 6.45) is 3.48. The highest BCUT2D eigenvalue weighted by molar-refractivity contribution is 6.00. The van der Waals surface area contributed by atoms with E-state index in [1.165, 1.54) is 18.5 Å². The molecule has 0 radical (unpaired) electrons. The van der Waals surface area contributed by atoms with Gasteiger partial charge < -0.3 is 15.7 Å². The Kier molecular flexibility index (Phi) is 4.50. The van der Waals surface area contributed by atoms with Crippen molar-refractivity contribution in [2.45, 2.75) is 13.3 Å². The minimum atomic E-state index is -1.10. The standard InChI is InChI=1S/C15H15N3O3/c1-2-10-4-3-5-12(6-10)17-15(21)18-13-7-11(14(19)20)8-16-9-13/h3-9H,2H2,1H3,(H,19,20)(H2,17,18,21). The van der Waals surface area contributed by atoms with Crippen molar-refractivity contribution in [3.05, 3.63) is 53.9 Å². The number of aromatic nitrogens is 1. The van der Waals surface area contributed by atoms with Gasteiger partial charge in [-0.2, -0.15) is 0 Å². The number of hydrogen-bond acceptors (Lipinski definition) is 3. The Balaban J connectivity index is 2.04. The smallest absolute Gasteiger partial charge is 0.337 e. The van der Waals surface area contributed by atoms with Crippen LogP contribution in [0.3, 0.4) is 0 Å². The predicted molar refractivity (Wildman–Crippen MR) is 79.7 cm³/mol. The van der Waals surface area contributed by atoms with Crippen LogP contribution in [0.1, 0.15) is 22.8 Å². The molecule has 0 aliphatic rings. The number of hydrogen-bond donors (Lipinski definition) is 3. The Labute approximate surface area is 121 Å². The van der Waals surface area contributed by atoms with Crippen LogP contribution in [0.15, 0.2) is 42.7 Å². The molecule has 0 aliphatic carbocycles. The first kappa shape index (κ1) is 14.5. The fourth-order valence-corrected chi connectivity index (χ4v) is 1.79. The summed E-state index contributed by atoms with van der Waals surface area (Å²) in [5.41, 5.74) is 2.12. The number of benzene rings is 1. The Bertz CT molecular complexity index is 671. The number of carbonyl (C=O) groups is 2.